The van der Waals surface area contributed by atoms with Gasteiger partial charge in [0, 0.05) is 11.8 Å². The van der Waals surface area contributed by atoms with E-state index in [1.807, 2.05) is 0 Å². The minimum atomic E-state index is -3.42. The normalized spacial score (nSPS) is 11.0. The second-order valence-corrected chi connectivity index (χ2v) is 7.24. The van der Waals surface area contributed by atoms with Crippen LogP contribution in [0, 0.1) is 6.92 Å². The third-order valence-electron chi connectivity index (χ3n) is 2.60. The Morgan fingerprint density at radius 3 is 2.73 bits per heavy atom. The van der Waals surface area contributed by atoms with Crippen LogP contribution >= 0.6 is 11.3 Å². The minimum Gasteiger partial charge on any atom is -0.497 e. The molecule has 0 saturated heterocycles. The number of methoxy groups -OCH3 is 1. The second kappa shape index (κ2) is 6.32. The van der Waals surface area contributed by atoms with E-state index in [1.165, 1.54) is 7.11 Å². The zero-order valence-electron chi connectivity index (χ0n) is 12.2. The van der Waals surface area contributed by atoms with Crippen LogP contribution in [0.15, 0.2) is 24.3 Å². The molecule has 1 heterocycles. The Hall–Kier alpha value is -2.13. The predicted octanol–water partition coefficient (Wildman–Crippen LogP) is 2.08. The van der Waals surface area contributed by atoms with Gasteiger partial charge in [-0.25, -0.2) is 13.4 Å². The zero-order chi connectivity index (χ0) is 16.3. The molecule has 0 atom stereocenters. The Labute approximate surface area is 132 Å². The summed E-state index contributed by atoms with van der Waals surface area (Å²) in [6, 6.07) is 6.93. The summed E-state index contributed by atoms with van der Waals surface area (Å²) in [6.45, 7) is 1.64. The van der Waals surface area contributed by atoms with Gasteiger partial charge in [-0.2, -0.15) is 0 Å². The summed E-state index contributed by atoms with van der Waals surface area (Å²) in [6.07, 6.45) is 1.03. The largest absolute Gasteiger partial charge is 0.497 e. The predicted molar refractivity (Wildman–Crippen MR) is 86.3 cm³/mol. The first-order valence-electron chi connectivity index (χ1n) is 6.19. The fourth-order valence-electron chi connectivity index (χ4n) is 1.70. The average Bonchev–Trinajstić information content (AvgIpc) is 2.77. The van der Waals surface area contributed by atoms with Crippen molar-refractivity contribution in [3.63, 3.8) is 0 Å². The maximum absolute atomic E-state index is 12.3. The van der Waals surface area contributed by atoms with Crippen LogP contribution in [0.25, 0.3) is 0 Å². The van der Waals surface area contributed by atoms with E-state index in [2.05, 4.69) is 15.0 Å². The number of sulfonamides is 1. The molecule has 0 aliphatic carbocycles. The number of nitrogens with zero attached hydrogens (tertiary/aromatic N) is 1. The number of aromatic nitrogens is 1. The zero-order valence-corrected chi connectivity index (χ0v) is 13.8. The standard InChI is InChI=1S/C13H15N3O4S2/c1-8-11(21-13(14-8)16-22(3,18)19)12(17)15-9-5-4-6-10(7-9)20-2/h4-7H,1-3H3,(H,14,16)(H,15,17). The molecule has 2 N–H and O–H groups in total. The Balaban J connectivity index is 2.19. The second-order valence-electron chi connectivity index (χ2n) is 4.49. The topological polar surface area (TPSA) is 97.4 Å². The number of carbonyl (C=O) groups excluding carboxylic acids is 1. The van der Waals surface area contributed by atoms with Crippen molar-refractivity contribution < 1.29 is 17.9 Å². The molecule has 118 valence electrons. The van der Waals surface area contributed by atoms with Gasteiger partial charge < -0.3 is 10.1 Å². The fraction of sp³-hybridized carbons (Fsp3) is 0.231. The van der Waals surface area contributed by atoms with E-state index in [4.69, 9.17) is 4.74 Å². The number of aryl methyl sites for hydroxylation is 1. The Morgan fingerprint density at radius 2 is 2.09 bits per heavy atom. The molecule has 0 aliphatic heterocycles. The molecule has 22 heavy (non-hydrogen) atoms. The average molecular weight is 341 g/mol. The molecule has 0 radical (unpaired) electrons. The number of anilines is 2. The lowest BCUT2D eigenvalue weighted by molar-refractivity contribution is 0.103. The highest BCUT2D eigenvalue weighted by Gasteiger charge is 2.17. The molecular weight excluding hydrogens is 326 g/mol. The molecule has 7 nitrogen and oxygen atoms in total. The number of hydrogen-bond acceptors (Lipinski definition) is 6. The summed E-state index contributed by atoms with van der Waals surface area (Å²) >= 11 is 0.979. The summed E-state index contributed by atoms with van der Waals surface area (Å²) in [7, 11) is -1.89. The van der Waals surface area contributed by atoms with E-state index in [0.717, 1.165) is 17.6 Å². The van der Waals surface area contributed by atoms with Gasteiger partial charge >= 0.3 is 0 Å². The molecule has 0 fully saturated rings. The monoisotopic (exact) mass is 341 g/mol. The molecule has 1 aromatic heterocycles. The number of nitrogens with one attached hydrogen (secondary N) is 2. The highest BCUT2D eigenvalue weighted by Crippen LogP contribution is 2.25. The lowest BCUT2D eigenvalue weighted by Gasteiger charge is -2.06. The van der Waals surface area contributed by atoms with Crippen LogP contribution in [0.4, 0.5) is 10.8 Å². The van der Waals surface area contributed by atoms with E-state index in [9.17, 15) is 13.2 Å². The summed E-state index contributed by atoms with van der Waals surface area (Å²) in [5, 5.41) is 2.89. The summed E-state index contributed by atoms with van der Waals surface area (Å²) < 4.78 is 29.7. The Bertz CT molecular complexity index is 799. The van der Waals surface area contributed by atoms with Gasteiger partial charge in [-0.3, -0.25) is 9.52 Å². The molecule has 0 aliphatic rings. The van der Waals surface area contributed by atoms with Crippen LogP contribution in [0.3, 0.4) is 0 Å². The van der Waals surface area contributed by atoms with E-state index in [1.54, 1.807) is 31.2 Å². The first kappa shape index (κ1) is 16.2. The van der Waals surface area contributed by atoms with Crippen LogP contribution in [0.5, 0.6) is 5.75 Å². The van der Waals surface area contributed by atoms with E-state index in [0.29, 0.717) is 22.0 Å². The van der Waals surface area contributed by atoms with Crippen molar-refractivity contribution in [2.24, 2.45) is 0 Å². The molecule has 9 heteroatoms. The van der Waals surface area contributed by atoms with Crippen molar-refractivity contribution in [1.82, 2.24) is 4.98 Å². The van der Waals surface area contributed by atoms with Crippen LogP contribution in [-0.4, -0.2) is 32.7 Å². The Morgan fingerprint density at radius 1 is 1.36 bits per heavy atom. The van der Waals surface area contributed by atoms with Crippen LogP contribution < -0.4 is 14.8 Å². The molecule has 0 unspecified atom stereocenters. The van der Waals surface area contributed by atoms with Gasteiger partial charge in [0.15, 0.2) is 5.13 Å². The van der Waals surface area contributed by atoms with Crippen LogP contribution in [0.2, 0.25) is 0 Å². The quantitative estimate of drug-likeness (QED) is 0.868. The van der Waals surface area contributed by atoms with Crippen molar-refractivity contribution in [2.45, 2.75) is 6.92 Å². The van der Waals surface area contributed by atoms with Gasteiger partial charge in [0.2, 0.25) is 10.0 Å². The van der Waals surface area contributed by atoms with Crippen molar-refractivity contribution in [1.29, 1.82) is 0 Å². The first-order chi connectivity index (χ1) is 10.3. The SMILES string of the molecule is COc1cccc(NC(=O)c2sc(NS(C)(=O)=O)nc2C)c1. The summed E-state index contributed by atoms with van der Waals surface area (Å²) in [5.41, 5.74) is 1.03. The van der Waals surface area contributed by atoms with E-state index in [-0.39, 0.29) is 11.0 Å². The summed E-state index contributed by atoms with van der Waals surface area (Å²) in [4.78, 5) is 16.6. The van der Waals surface area contributed by atoms with Gasteiger partial charge in [0.25, 0.3) is 5.91 Å². The third-order valence-corrected chi connectivity index (χ3v) is 4.37. The lowest BCUT2D eigenvalue weighted by Crippen LogP contribution is -2.11. The molecule has 1 amide bonds. The third kappa shape index (κ3) is 4.18. The molecular formula is C13H15N3O4S2. The number of hydrogen-bond donors (Lipinski definition) is 2. The number of carbonyl (C=O) groups is 1. The van der Waals surface area contributed by atoms with Gasteiger partial charge in [-0.05, 0) is 19.1 Å². The maximum Gasteiger partial charge on any atom is 0.267 e. The van der Waals surface area contributed by atoms with Crippen molar-refractivity contribution in [2.75, 3.05) is 23.4 Å². The first-order valence-corrected chi connectivity index (χ1v) is 8.90. The molecule has 0 bridgehead atoms. The number of benzene rings is 1. The molecule has 0 saturated carbocycles. The van der Waals surface area contributed by atoms with Crippen LogP contribution in [-0.2, 0) is 10.0 Å². The van der Waals surface area contributed by atoms with Gasteiger partial charge in [0.05, 0.1) is 19.1 Å². The van der Waals surface area contributed by atoms with Crippen molar-refractivity contribution in [3.8, 4) is 5.75 Å². The highest BCUT2D eigenvalue weighted by atomic mass is 32.2. The molecule has 0 spiro atoms. The number of amides is 1. The smallest absolute Gasteiger partial charge is 0.267 e. The van der Waals surface area contributed by atoms with Gasteiger partial charge in [-0.1, -0.05) is 17.4 Å². The van der Waals surface area contributed by atoms with E-state index >= 15 is 0 Å². The molecule has 2 rings (SSSR count). The van der Waals surface area contributed by atoms with Gasteiger partial charge in [-0.15, -0.1) is 0 Å². The Kier molecular flexibility index (Phi) is 4.67. The van der Waals surface area contributed by atoms with Crippen molar-refractivity contribution >= 4 is 38.1 Å². The number of ether oxygens (including phenoxy) is 1. The number of rotatable bonds is 5. The van der Waals surface area contributed by atoms with E-state index < -0.39 is 10.0 Å². The summed E-state index contributed by atoms with van der Waals surface area (Å²) in [5.74, 6) is 0.267. The highest BCUT2D eigenvalue weighted by molar-refractivity contribution is 7.92. The minimum absolute atomic E-state index is 0.163. The maximum atomic E-state index is 12.3. The molecule has 2 aromatic rings. The molecule has 1 aromatic carbocycles. The van der Waals surface area contributed by atoms with Gasteiger partial charge in [0.1, 0.15) is 10.6 Å². The fourth-order valence-corrected chi connectivity index (χ4v) is 3.39. The van der Waals surface area contributed by atoms with Crippen LogP contribution in [0.1, 0.15) is 15.4 Å². The lowest BCUT2D eigenvalue weighted by atomic mass is 10.3. The van der Waals surface area contributed by atoms with Crippen molar-refractivity contribution in [3.05, 3.63) is 34.8 Å². The number of thiazole rings is 1.